The van der Waals surface area contributed by atoms with Crippen LogP contribution in [0.1, 0.15) is 1.43 Å². The summed E-state index contributed by atoms with van der Waals surface area (Å²) in [5.41, 5.74) is 0. The Morgan fingerprint density at radius 1 is 0.800 bits per heavy atom. The molecule has 5 heteroatoms. The molecule has 0 saturated carbocycles. The number of rotatable bonds is 0. The van der Waals surface area contributed by atoms with Crippen LogP contribution in [0.2, 0.25) is 0 Å². The molecule has 0 bridgehead atoms. The first-order valence-electron chi connectivity index (χ1n) is 0. The smallest absolute Gasteiger partial charge is 1.00 e. The third-order valence-corrected chi connectivity index (χ3v) is 0. The summed E-state index contributed by atoms with van der Waals surface area (Å²) in [7, 11) is 0. The van der Waals surface area contributed by atoms with E-state index in [9.17, 15) is 0 Å². The van der Waals surface area contributed by atoms with E-state index in [4.69, 9.17) is 0 Å². The SMILES string of the molecule is Cl.Cl.Cl.[H-].[Li+].[Ti]. The summed E-state index contributed by atoms with van der Waals surface area (Å²) < 4.78 is 0. The average molecular weight is 165 g/mol. The molecule has 0 rings (SSSR count). The number of halogens is 3. The summed E-state index contributed by atoms with van der Waals surface area (Å²) in [6, 6.07) is 0. The Bertz CT molecular complexity index is 10.8. The quantitative estimate of drug-likeness (QED) is 0.378. The maximum atomic E-state index is 0. The molecule has 0 N–H and O–H groups in total. The summed E-state index contributed by atoms with van der Waals surface area (Å²) in [6.45, 7) is 0. The van der Waals surface area contributed by atoms with Crippen molar-refractivity contribution in [2.75, 3.05) is 0 Å². The van der Waals surface area contributed by atoms with E-state index in [0.29, 0.717) is 0 Å². The molecule has 0 nitrogen and oxygen atoms in total. The van der Waals surface area contributed by atoms with Gasteiger partial charge >= 0.3 is 18.9 Å². The van der Waals surface area contributed by atoms with E-state index >= 15 is 0 Å². The maximum absolute atomic E-state index is 0. The van der Waals surface area contributed by atoms with Crippen LogP contribution >= 0.6 is 37.2 Å². The fraction of sp³-hybridized carbons (Fsp3) is 0. The summed E-state index contributed by atoms with van der Waals surface area (Å²) >= 11 is 0. The van der Waals surface area contributed by atoms with Crippen molar-refractivity contribution in [2.45, 2.75) is 0 Å². The predicted octanol–water partition coefficient (Wildman–Crippen LogP) is -1.62. The standard InChI is InChI=1S/3ClH.Li.Ti.H/h3*1H;;;/q;;;+1;;-1. The predicted molar refractivity (Wildman–Crippen MR) is 22.9 cm³/mol. The molecule has 0 aromatic heterocycles. The van der Waals surface area contributed by atoms with Crippen molar-refractivity contribution in [1.29, 1.82) is 0 Å². The van der Waals surface area contributed by atoms with Gasteiger partial charge in [-0.15, -0.1) is 37.2 Å². The Hall–Kier alpha value is 2.18. The molecule has 0 aliphatic carbocycles. The van der Waals surface area contributed by atoms with Gasteiger partial charge in [-0.25, -0.2) is 0 Å². The molecular weight excluding hydrogens is 161 g/mol. The van der Waals surface area contributed by atoms with Gasteiger partial charge < -0.3 is 1.43 Å². The van der Waals surface area contributed by atoms with Crippen molar-refractivity contribution in [3.8, 4) is 0 Å². The molecule has 0 aliphatic rings. The maximum Gasteiger partial charge on any atom is 1.00 e. The minimum Gasteiger partial charge on any atom is -1.00 e. The fourth-order valence-electron chi connectivity index (χ4n) is 0. The van der Waals surface area contributed by atoms with Crippen LogP contribution in [-0.4, -0.2) is 0 Å². The van der Waals surface area contributed by atoms with Gasteiger partial charge in [-0.3, -0.25) is 0 Å². The van der Waals surface area contributed by atoms with Crippen molar-refractivity contribution in [3.63, 3.8) is 0 Å². The minimum absolute atomic E-state index is 0. The van der Waals surface area contributed by atoms with Crippen LogP contribution in [0.4, 0.5) is 0 Å². The molecule has 0 aromatic carbocycles. The zero-order valence-electron chi connectivity index (χ0n) is 3.72. The van der Waals surface area contributed by atoms with Crippen LogP contribution in [0.3, 0.4) is 0 Å². The Morgan fingerprint density at radius 3 is 0.800 bits per heavy atom. The molecule has 0 heterocycles. The topological polar surface area (TPSA) is 0 Å². The first-order valence-corrected chi connectivity index (χ1v) is 0. The van der Waals surface area contributed by atoms with Crippen LogP contribution in [0, 0.1) is 0 Å². The molecule has 0 spiro atoms. The van der Waals surface area contributed by atoms with E-state index in [-0.39, 0.29) is 79.2 Å². The van der Waals surface area contributed by atoms with Crippen LogP contribution in [0.5, 0.6) is 0 Å². The monoisotopic (exact) mass is 164 g/mol. The Balaban J connectivity index is 0. The van der Waals surface area contributed by atoms with Crippen molar-refractivity contribution < 1.29 is 42.0 Å². The molecule has 0 fully saturated rings. The van der Waals surface area contributed by atoms with Gasteiger partial charge in [0.1, 0.15) is 0 Å². The normalized spacial score (nSPS) is 0. The van der Waals surface area contributed by atoms with Gasteiger partial charge in [0.15, 0.2) is 0 Å². The second-order valence-electron chi connectivity index (χ2n) is 0. The van der Waals surface area contributed by atoms with Gasteiger partial charge in [0.25, 0.3) is 0 Å². The Morgan fingerprint density at radius 2 is 0.800 bits per heavy atom. The van der Waals surface area contributed by atoms with Gasteiger partial charge in [-0.1, -0.05) is 0 Å². The van der Waals surface area contributed by atoms with Crippen molar-refractivity contribution in [2.24, 2.45) is 0 Å². The minimum atomic E-state index is 0. The number of hydrogen-bond donors (Lipinski definition) is 0. The molecule has 0 atom stereocenters. The molecule has 0 amide bonds. The molecule has 5 heavy (non-hydrogen) atoms. The van der Waals surface area contributed by atoms with Gasteiger partial charge in [0.05, 0.1) is 0 Å². The van der Waals surface area contributed by atoms with Crippen molar-refractivity contribution in [3.05, 3.63) is 0 Å². The molecular formula is H4Cl3LiTi. The average Bonchev–Trinajstić information content (AvgIpc) is 0. The van der Waals surface area contributed by atoms with Crippen LogP contribution in [0.25, 0.3) is 0 Å². The molecule has 0 aliphatic heterocycles. The first kappa shape index (κ1) is 57.7. The third kappa shape index (κ3) is 22.7. The van der Waals surface area contributed by atoms with E-state index in [1.54, 1.807) is 0 Å². The molecule has 0 unspecified atom stereocenters. The largest absolute Gasteiger partial charge is 1.00 e. The van der Waals surface area contributed by atoms with E-state index < -0.39 is 0 Å². The van der Waals surface area contributed by atoms with Gasteiger partial charge in [0.2, 0.25) is 0 Å². The van der Waals surface area contributed by atoms with Gasteiger partial charge in [-0.2, -0.15) is 0 Å². The summed E-state index contributed by atoms with van der Waals surface area (Å²) in [4.78, 5) is 0. The van der Waals surface area contributed by atoms with Gasteiger partial charge in [0, 0.05) is 21.7 Å². The van der Waals surface area contributed by atoms with Crippen molar-refractivity contribution >= 4 is 37.2 Å². The molecule has 0 saturated heterocycles. The summed E-state index contributed by atoms with van der Waals surface area (Å²) in [5.74, 6) is 0. The second kappa shape index (κ2) is 34.9. The van der Waals surface area contributed by atoms with E-state index in [0.717, 1.165) is 0 Å². The first-order chi connectivity index (χ1) is 0. The third-order valence-electron chi connectivity index (χ3n) is 0. The van der Waals surface area contributed by atoms with Crippen LogP contribution < -0.4 is 18.9 Å². The van der Waals surface area contributed by atoms with E-state index in [1.165, 1.54) is 0 Å². The number of hydrogen-bond acceptors (Lipinski definition) is 0. The molecule has 0 radical (unpaired) electrons. The summed E-state index contributed by atoms with van der Waals surface area (Å²) in [5, 5.41) is 0. The van der Waals surface area contributed by atoms with Crippen molar-refractivity contribution in [1.82, 2.24) is 0 Å². The van der Waals surface area contributed by atoms with Gasteiger partial charge in [-0.05, 0) is 0 Å². The van der Waals surface area contributed by atoms with E-state index in [2.05, 4.69) is 0 Å². The van der Waals surface area contributed by atoms with Crippen LogP contribution in [-0.2, 0) is 21.7 Å². The Kier molecular flexibility index (Phi) is 402. The molecule has 0 aromatic rings. The second-order valence-corrected chi connectivity index (χ2v) is 0. The fourth-order valence-corrected chi connectivity index (χ4v) is 0. The summed E-state index contributed by atoms with van der Waals surface area (Å²) in [6.07, 6.45) is 0. The molecule has 30 valence electrons. The Labute approximate surface area is 78.6 Å². The zero-order chi connectivity index (χ0) is 0. The van der Waals surface area contributed by atoms with E-state index in [1.807, 2.05) is 0 Å². The van der Waals surface area contributed by atoms with Crippen LogP contribution in [0.15, 0.2) is 0 Å². The zero-order valence-corrected chi connectivity index (χ0v) is 6.74.